The van der Waals surface area contributed by atoms with Crippen LogP contribution >= 0.6 is 0 Å². The van der Waals surface area contributed by atoms with E-state index < -0.39 is 7.12 Å². The van der Waals surface area contributed by atoms with Crippen LogP contribution in [0.5, 0.6) is 0 Å². The molecule has 1 aromatic heterocycles. The van der Waals surface area contributed by atoms with Gasteiger partial charge in [0, 0.05) is 37.6 Å². The Morgan fingerprint density at radius 2 is 2.06 bits per heavy atom. The van der Waals surface area contributed by atoms with Crippen LogP contribution in [0.2, 0.25) is 0 Å². The van der Waals surface area contributed by atoms with Crippen molar-refractivity contribution >= 4 is 18.5 Å². The summed E-state index contributed by atoms with van der Waals surface area (Å²) in [6, 6.07) is 0. The molecule has 0 bridgehead atoms. The average Bonchev–Trinajstić information content (AvgIpc) is 2.39. The lowest BCUT2D eigenvalue weighted by molar-refractivity contribution is 0.208. The van der Waals surface area contributed by atoms with Crippen LogP contribution in [0.1, 0.15) is 12.8 Å². The fourth-order valence-corrected chi connectivity index (χ4v) is 2.02. The molecule has 3 N–H and O–H groups in total. The third kappa shape index (κ3) is 2.93. The standard InChI is InChI=1S/C10H16BN3O3/c15-7-8-2-1-3-14(6-8)10-12-4-9(5-13-10)11(16)17/h4-5,8,15-17H,1-3,6-7H2. The molecule has 2 heterocycles. The molecule has 0 aromatic carbocycles. The van der Waals surface area contributed by atoms with Crippen molar-refractivity contribution in [3.05, 3.63) is 12.4 Å². The minimum absolute atomic E-state index is 0.184. The van der Waals surface area contributed by atoms with E-state index in [2.05, 4.69) is 9.97 Å². The molecule has 17 heavy (non-hydrogen) atoms. The zero-order valence-corrected chi connectivity index (χ0v) is 9.53. The van der Waals surface area contributed by atoms with Gasteiger partial charge in [-0.3, -0.25) is 0 Å². The van der Waals surface area contributed by atoms with Gasteiger partial charge >= 0.3 is 7.12 Å². The summed E-state index contributed by atoms with van der Waals surface area (Å²) < 4.78 is 0. The molecule has 0 aliphatic carbocycles. The molecule has 1 unspecified atom stereocenters. The van der Waals surface area contributed by atoms with Gasteiger partial charge < -0.3 is 20.1 Å². The van der Waals surface area contributed by atoms with Crippen LogP contribution in [-0.4, -0.2) is 51.9 Å². The maximum atomic E-state index is 9.14. The fraction of sp³-hybridized carbons (Fsp3) is 0.600. The first-order valence-corrected chi connectivity index (χ1v) is 5.74. The summed E-state index contributed by atoms with van der Waals surface area (Å²) in [4.78, 5) is 10.2. The number of anilines is 1. The van der Waals surface area contributed by atoms with Gasteiger partial charge in [0.15, 0.2) is 0 Å². The highest BCUT2D eigenvalue weighted by Crippen LogP contribution is 2.18. The summed E-state index contributed by atoms with van der Waals surface area (Å²) >= 11 is 0. The number of rotatable bonds is 3. The van der Waals surface area contributed by atoms with Gasteiger partial charge in [0.25, 0.3) is 0 Å². The molecule has 1 aliphatic rings. The van der Waals surface area contributed by atoms with E-state index in [0.29, 0.717) is 5.95 Å². The Bertz CT molecular complexity index is 360. The molecular formula is C10H16BN3O3. The van der Waals surface area contributed by atoms with Gasteiger partial charge in [-0.2, -0.15) is 0 Å². The highest BCUT2D eigenvalue weighted by atomic mass is 16.4. The molecule has 0 amide bonds. The molecule has 0 radical (unpaired) electrons. The minimum Gasteiger partial charge on any atom is -0.423 e. The molecule has 0 spiro atoms. The van der Waals surface area contributed by atoms with E-state index in [1.807, 2.05) is 4.90 Å². The topological polar surface area (TPSA) is 89.7 Å². The molecular weight excluding hydrogens is 221 g/mol. The van der Waals surface area contributed by atoms with Crippen molar-refractivity contribution in [1.82, 2.24) is 9.97 Å². The monoisotopic (exact) mass is 237 g/mol. The number of hydrogen-bond acceptors (Lipinski definition) is 6. The van der Waals surface area contributed by atoms with Crippen molar-refractivity contribution < 1.29 is 15.2 Å². The summed E-state index contributed by atoms with van der Waals surface area (Å²) in [6.07, 6.45) is 4.87. The lowest BCUT2D eigenvalue weighted by atomic mass is 9.83. The van der Waals surface area contributed by atoms with E-state index in [9.17, 15) is 0 Å². The third-order valence-corrected chi connectivity index (χ3v) is 3.02. The summed E-state index contributed by atoms with van der Waals surface area (Å²) in [5.74, 6) is 0.850. The molecule has 92 valence electrons. The Hall–Kier alpha value is -1.18. The van der Waals surface area contributed by atoms with Gasteiger partial charge in [-0.15, -0.1) is 0 Å². The first-order chi connectivity index (χ1) is 8.20. The van der Waals surface area contributed by atoms with Crippen LogP contribution in [0.4, 0.5) is 5.95 Å². The maximum Gasteiger partial charge on any atom is 0.491 e. The first-order valence-electron chi connectivity index (χ1n) is 5.74. The number of aliphatic hydroxyl groups is 1. The van der Waals surface area contributed by atoms with E-state index in [-0.39, 0.29) is 18.0 Å². The number of hydrogen-bond donors (Lipinski definition) is 3. The van der Waals surface area contributed by atoms with Crippen LogP contribution in [-0.2, 0) is 0 Å². The normalized spacial score (nSPS) is 20.4. The number of aliphatic hydroxyl groups excluding tert-OH is 1. The number of piperidine rings is 1. The molecule has 2 rings (SSSR count). The average molecular weight is 237 g/mol. The SMILES string of the molecule is OCC1CCCN(c2ncc(B(O)O)cn2)C1. The first kappa shape index (κ1) is 12.3. The highest BCUT2D eigenvalue weighted by Gasteiger charge is 2.21. The molecule has 1 aromatic rings. The van der Waals surface area contributed by atoms with Crippen molar-refractivity contribution in [2.45, 2.75) is 12.8 Å². The van der Waals surface area contributed by atoms with Gasteiger partial charge in [-0.05, 0) is 18.8 Å². The van der Waals surface area contributed by atoms with Crippen LogP contribution in [0, 0.1) is 5.92 Å². The third-order valence-electron chi connectivity index (χ3n) is 3.02. The summed E-state index contributed by atoms with van der Waals surface area (Å²) in [5, 5.41) is 27.0. The van der Waals surface area contributed by atoms with Crippen molar-refractivity contribution in [2.75, 3.05) is 24.6 Å². The molecule has 1 aliphatic heterocycles. The zero-order chi connectivity index (χ0) is 12.3. The van der Waals surface area contributed by atoms with E-state index in [0.717, 1.165) is 25.9 Å². The molecule has 6 nitrogen and oxygen atoms in total. The van der Waals surface area contributed by atoms with Crippen LogP contribution < -0.4 is 10.4 Å². The van der Waals surface area contributed by atoms with E-state index in [1.54, 1.807) is 0 Å². The predicted octanol–water partition coefficient (Wildman–Crippen LogP) is -1.63. The van der Waals surface area contributed by atoms with Crippen LogP contribution in [0.15, 0.2) is 12.4 Å². The van der Waals surface area contributed by atoms with Gasteiger partial charge in [0.2, 0.25) is 5.95 Å². The molecule has 1 fully saturated rings. The smallest absolute Gasteiger partial charge is 0.423 e. The van der Waals surface area contributed by atoms with Crippen LogP contribution in [0.3, 0.4) is 0 Å². The summed E-state index contributed by atoms with van der Waals surface area (Å²) in [5.41, 5.74) is 0.282. The summed E-state index contributed by atoms with van der Waals surface area (Å²) in [6.45, 7) is 1.80. The second-order valence-corrected chi connectivity index (χ2v) is 4.33. The molecule has 7 heteroatoms. The lowest BCUT2D eigenvalue weighted by Crippen LogP contribution is -2.38. The van der Waals surface area contributed by atoms with Crippen LogP contribution in [0.25, 0.3) is 0 Å². The summed E-state index contributed by atoms with van der Waals surface area (Å²) in [7, 11) is -1.53. The van der Waals surface area contributed by atoms with Crippen molar-refractivity contribution in [1.29, 1.82) is 0 Å². The second kappa shape index (κ2) is 5.44. The largest absolute Gasteiger partial charge is 0.491 e. The van der Waals surface area contributed by atoms with Crippen molar-refractivity contribution in [3.8, 4) is 0 Å². The second-order valence-electron chi connectivity index (χ2n) is 4.33. The Labute approximate surface area is 100 Å². The van der Waals surface area contributed by atoms with E-state index in [1.165, 1.54) is 12.4 Å². The molecule has 0 saturated carbocycles. The highest BCUT2D eigenvalue weighted by molar-refractivity contribution is 6.58. The van der Waals surface area contributed by atoms with Gasteiger partial charge in [-0.1, -0.05) is 0 Å². The molecule has 1 saturated heterocycles. The Balaban J connectivity index is 2.06. The van der Waals surface area contributed by atoms with Crippen molar-refractivity contribution in [2.24, 2.45) is 5.92 Å². The Morgan fingerprint density at radius 3 is 2.65 bits per heavy atom. The molecule has 1 atom stereocenters. The lowest BCUT2D eigenvalue weighted by Gasteiger charge is -2.31. The number of nitrogens with zero attached hydrogens (tertiary/aromatic N) is 3. The maximum absolute atomic E-state index is 9.14. The van der Waals surface area contributed by atoms with Gasteiger partial charge in [-0.25, -0.2) is 9.97 Å². The Morgan fingerprint density at radius 1 is 1.35 bits per heavy atom. The van der Waals surface area contributed by atoms with Gasteiger partial charge in [0.05, 0.1) is 0 Å². The quantitative estimate of drug-likeness (QED) is 0.546. The Kier molecular flexibility index (Phi) is 3.93. The van der Waals surface area contributed by atoms with E-state index >= 15 is 0 Å². The van der Waals surface area contributed by atoms with E-state index in [4.69, 9.17) is 15.2 Å². The van der Waals surface area contributed by atoms with Crippen molar-refractivity contribution in [3.63, 3.8) is 0 Å². The fourth-order valence-electron chi connectivity index (χ4n) is 2.02. The minimum atomic E-state index is -1.53. The van der Waals surface area contributed by atoms with Gasteiger partial charge in [0.1, 0.15) is 0 Å². The predicted molar refractivity (Wildman–Crippen MR) is 63.9 cm³/mol. The zero-order valence-electron chi connectivity index (χ0n) is 9.53. The number of aromatic nitrogens is 2.